The summed E-state index contributed by atoms with van der Waals surface area (Å²) in [6, 6.07) is 20.0. The van der Waals surface area contributed by atoms with Crippen molar-refractivity contribution in [3.05, 3.63) is 78.4 Å². The molecule has 0 heterocycles. The van der Waals surface area contributed by atoms with Gasteiger partial charge in [-0.2, -0.15) is 34.0 Å². The minimum absolute atomic E-state index is 0.348. The number of hydrogen-bond acceptors (Lipinski definition) is 9. The van der Waals surface area contributed by atoms with E-state index < -0.39 is 20.8 Å². The second-order valence-electron chi connectivity index (χ2n) is 7.50. The zero-order valence-corrected chi connectivity index (χ0v) is 19.5. The van der Waals surface area contributed by atoms with Gasteiger partial charge in [-0.1, -0.05) is 23.8 Å². The first kappa shape index (κ1) is 23.8. The van der Waals surface area contributed by atoms with Crippen molar-refractivity contribution >= 4 is 49.3 Å². The lowest BCUT2D eigenvalue weighted by atomic mass is 10.1. The average molecular weight is 489 g/mol. The maximum Gasteiger partial charge on any atom is 0.296 e. The minimum atomic E-state index is -4.66. The molecule has 0 saturated heterocycles. The van der Waals surface area contributed by atoms with Crippen molar-refractivity contribution in [1.29, 1.82) is 0 Å². The number of aromatic hydroxyl groups is 1. The van der Waals surface area contributed by atoms with Gasteiger partial charge in [-0.05, 0) is 66.9 Å². The third-order valence-electron chi connectivity index (χ3n) is 4.95. The number of aryl methyl sites for hydroxylation is 1. The zero-order chi connectivity index (χ0) is 25.0. The van der Waals surface area contributed by atoms with Gasteiger partial charge in [0.05, 0.1) is 22.7 Å². The number of nitrogens with zero attached hydrogens (tertiary/aromatic N) is 6. The summed E-state index contributed by atoms with van der Waals surface area (Å²) in [6.45, 7) is 1.83. The summed E-state index contributed by atoms with van der Waals surface area (Å²) in [5.74, 6) is -0.393. The number of phenolic OH excluding ortho intramolecular Hbond substituents is 1. The van der Waals surface area contributed by atoms with Crippen molar-refractivity contribution in [1.82, 2.24) is 0 Å². The van der Waals surface area contributed by atoms with E-state index in [1.807, 2.05) is 6.92 Å². The first-order valence-electron chi connectivity index (χ1n) is 10.3. The Labute approximate surface area is 201 Å². The van der Waals surface area contributed by atoms with Crippen LogP contribution in [-0.2, 0) is 10.1 Å². The summed E-state index contributed by atoms with van der Waals surface area (Å²) in [6.07, 6.45) is 0. The standard InChI is InChI=1S/C24H20N6O4S/c1-15-3-12-21-16(13-15)14-22(35(32,33)34)23(24(21)31)30-29-20-10-8-19(9-11-20)28-27-18-6-4-17(5-7-18)26-25-2/h3-14,31H,1-2H3,(H,32,33,34). The molecule has 10 nitrogen and oxygen atoms in total. The quantitative estimate of drug-likeness (QED) is 0.212. The molecule has 0 saturated carbocycles. The van der Waals surface area contributed by atoms with Gasteiger partial charge in [-0.15, -0.1) is 5.11 Å². The van der Waals surface area contributed by atoms with Gasteiger partial charge >= 0.3 is 0 Å². The lowest BCUT2D eigenvalue weighted by molar-refractivity contribution is 0.472. The van der Waals surface area contributed by atoms with Gasteiger partial charge in [0, 0.05) is 12.4 Å². The van der Waals surface area contributed by atoms with Crippen LogP contribution < -0.4 is 0 Å². The van der Waals surface area contributed by atoms with Crippen LogP contribution in [0.5, 0.6) is 5.75 Å². The number of azo groups is 3. The Morgan fingerprint density at radius 2 is 1.17 bits per heavy atom. The second kappa shape index (κ2) is 9.87. The Balaban J connectivity index is 1.60. The smallest absolute Gasteiger partial charge is 0.296 e. The first-order chi connectivity index (χ1) is 16.7. The molecule has 0 bridgehead atoms. The molecular formula is C24H20N6O4S. The highest BCUT2D eigenvalue weighted by Crippen LogP contribution is 2.41. The molecule has 0 radical (unpaired) electrons. The van der Waals surface area contributed by atoms with E-state index in [-0.39, 0.29) is 5.69 Å². The Kier molecular flexibility index (Phi) is 6.71. The van der Waals surface area contributed by atoms with Crippen LogP contribution in [0, 0.1) is 6.92 Å². The molecular weight excluding hydrogens is 468 g/mol. The minimum Gasteiger partial charge on any atom is -0.505 e. The van der Waals surface area contributed by atoms with Crippen LogP contribution in [0.2, 0.25) is 0 Å². The molecule has 4 rings (SSSR count). The summed E-state index contributed by atoms with van der Waals surface area (Å²) >= 11 is 0. The monoisotopic (exact) mass is 488 g/mol. The normalized spacial score (nSPS) is 12.4. The van der Waals surface area contributed by atoms with Crippen molar-refractivity contribution in [2.45, 2.75) is 11.8 Å². The molecule has 0 aliphatic rings. The second-order valence-corrected chi connectivity index (χ2v) is 8.89. The van der Waals surface area contributed by atoms with Crippen LogP contribution in [0.3, 0.4) is 0 Å². The van der Waals surface area contributed by atoms with Gasteiger partial charge in [-0.25, -0.2) is 0 Å². The van der Waals surface area contributed by atoms with Crippen LogP contribution >= 0.6 is 0 Å². The van der Waals surface area contributed by atoms with E-state index in [2.05, 4.69) is 30.7 Å². The molecule has 0 aliphatic carbocycles. The summed E-state index contributed by atoms with van der Waals surface area (Å²) in [7, 11) is -3.07. The van der Waals surface area contributed by atoms with E-state index >= 15 is 0 Å². The van der Waals surface area contributed by atoms with Gasteiger partial charge in [0.25, 0.3) is 10.1 Å². The highest BCUT2D eigenvalue weighted by molar-refractivity contribution is 7.86. The fraction of sp³-hybridized carbons (Fsp3) is 0.0833. The molecule has 35 heavy (non-hydrogen) atoms. The molecule has 176 valence electrons. The van der Waals surface area contributed by atoms with Crippen LogP contribution in [0.15, 0.2) is 108 Å². The van der Waals surface area contributed by atoms with E-state index in [9.17, 15) is 18.1 Å². The number of rotatable bonds is 6. The van der Waals surface area contributed by atoms with Gasteiger partial charge in [-0.3, -0.25) is 4.55 Å². The SMILES string of the molecule is CN=Nc1ccc(N=Nc2ccc(N=Nc3c(S(=O)(=O)O)cc4cc(C)ccc4c3O)cc2)cc1. The van der Waals surface area contributed by atoms with Crippen molar-refractivity contribution in [2.24, 2.45) is 30.7 Å². The molecule has 0 atom stereocenters. The molecule has 2 N–H and O–H groups in total. The van der Waals surface area contributed by atoms with E-state index in [1.165, 1.54) is 6.07 Å². The van der Waals surface area contributed by atoms with E-state index in [0.29, 0.717) is 33.5 Å². The van der Waals surface area contributed by atoms with Crippen LogP contribution in [0.4, 0.5) is 28.4 Å². The van der Waals surface area contributed by atoms with Crippen LogP contribution in [0.1, 0.15) is 5.56 Å². The summed E-state index contributed by atoms with van der Waals surface area (Å²) in [5, 5.41) is 35.4. The third-order valence-corrected chi connectivity index (χ3v) is 5.81. The lowest BCUT2D eigenvalue weighted by Gasteiger charge is -2.09. The molecule has 4 aromatic carbocycles. The Bertz CT molecular complexity index is 1580. The fourth-order valence-electron chi connectivity index (χ4n) is 3.27. The maximum absolute atomic E-state index is 11.9. The van der Waals surface area contributed by atoms with Gasteiger partial charge < -0.3 is 5.11 Å². The van der Waals surface area contributed by atoms with E-state index in [0.717, 1.165) is 5.56 Å². The molecule has 0 fully saturated rings. The molecule has 0 spiro atoms. The Morgan fingerprint density at radius 1 is 0.686 bits per heavy atom. The summed E-state index contributed by atoms with van der Waals surface area (Å²) in [5.41, 5.74) is 2.81. The molecule has 0 amide bonds. The number of phenols is 1. The highest BCUT2D eigenvalue weighted by atomic mass is 32.2. The largest absolute Gasteiger partial charge is 0.505 e. The van der Waals surface area contributed by atoms with Gasteiger partial charge in [0.2, 0.25) is 0 Å². The van der Waals surface area contributed by atoms with Gasteiger partial charge in [0.1, 0.15) is 10.6 Å². The predicted octanol–water partition coefficient (Wildman–Crippen LogP) is 7.64. The molecule has 0 aromatic heterocycles. The van der Waals surface area contributed by atoms with Crippen molar-refractivity contribution in [3.8, 4) is 5.75 Å². The molecule has 4 aromatic rings. The number of benzene rings is 4. The van der Waals surface area contributed by atoms with Crippen LogP contribution in [-0.4, -0.2) is 25.1 Å². The zero-order valence-electron chi connectivity index (χ0n) is 18.7. The Hall–Kier alpha value is -4.35. The predicted molar refractivity (Wildman–Crippen MR) is 132 cm³/mol. The summed E-state index contributed by atoms with van der Waals surface area (Å²) < 4.78 is 33.6. The van der Waals surface area contributed by atoms with Crippen molar-refractivity contribution in [3.63, 3.8) is 0 Å². The number of fused-ring (bicyclic) bond motifs is 1. The molecule has 11 heteroatoms. The van der Waals surface area contributed by atoms with Crippen LogP contribution in [0.25, 0.3) is 10.8 Å². The van der Waals surface area contributed by atoms with Crippen molar-refractivity contribution in [2.75, 3.05) is 7.05 Å². The average Bonchev–Trinajstić information content (AvgIpc) is 2.83. The third kappa shape index (κ3) is 5.60. The lowest BCUT2D eigenvalue weighted by Crippen LogP contribution is -1.99. The summed E-state index contributed by atoms with van der Waals surface area (Å²) in [4.78, 5) is -0.534. The first-order valence-corrected chi connectivity index (χ1v) is 11.8. The van der Waals surface area contributed by atoms with E-state index in [1.54, 1.807) is 73.8 Å². The fourth-order valence-corrected chi connectivity index (χ4v) is 3.93. The van der Waals surface area contributed by atoms with Crippen molar-refractivity contribution < 1.29 is 18.1 Å². The maximum atomic E-state index is 11.9. The topological polar surface area (TPSA) is 149 Å². The molecule has 0 aliphatic heterocycles. The molecule has 0 unspecified atom stereocenters. The highest BCUT2D eigenvalue weighted by Gasteiger charge is 2.22. The number of hydrogen-bond donors (Lipinski definition) is 2. The Morgan fingerprint density at radius 3 is 1.66 bits per heavy atom. The van der Waals surface area contributed by atoms with E-state index in [4.69, 9.17) is 0 Å². The van der Waals surface area contributed by atoms with Gasteiger partial charge in [0.15, 0.2) is 5.75 Å².